The molecule has 1 unspecified atom stereocenters. The number of unbranched alkanes of at least 4 members (excludes halogenated alkanes) is 15. The molecule has 0 bridgehead atoms. The van der Waals surface area contributed by atoms with Crippen molar-refractivity contribution in [3.05, 3.63) is 0 Å². The van der Waals surface area contributed by atoms with Gasteiger partial charge in [-0.3, -0.25) is 9.59 Å². The van der Waals surface area contributed by atoms with Crippen LogP contribution < -0.4 is 0 Å². The third-order valence-electron chi connectivity index (χ3n) is 6.08. The zero-order valence-corrected chi connectivity index (χ0v) is 20.8. The molecular formula is C27H52O4. The van der Waals surface area contributed by atoms with Gasteiger partial charge in [-0.05, 0) is 38.5 Å². The summed E-state index contributed by atoms with van der Waals surface area (Å²) < 4.78 is 5.79. The molecule has 1 atom stereocenters. The molecule has 0 aromatic carbocycles. The number of aliphatic carboxylic acids is 1. The maximum atomic E-state index is 12.1. The Balaban J connectivity index is 3.87. The van der Waals surface area contributed by atoms with Crippen LogP contribution in [-0.2, 0) is 14.3 Å². The van der Waals surface area contributed by atoms with Gasteiger partial charge in [0.15, 0.2) is 0 Å². The second-order valence-electron chi connectivity index (χ2n) is 9.24. The van der Waals surface area contributed by atoms with Crippen LogP contribution in [0.1, 0.15) is 155 Å². The lowest BCUT2D eigenvalue weighted by Crippen LogP contribution is -2.18. The fraction of sp³-hybridized carbons (Fsp3) is 0.926. The smallest absolute Gasteiger partial charge is 0.306 e. The summed E-state index contributed by atoms with van der Waals surface area (Å²) in [6, 6.07) is 0. The molecule has 4 nitrogen and oxygen atoms in total. The second kappa shape index (κ2) is 23.6. The first-order valence-corrected chi connectivity index (χ1v) is 13.5. The molecular weight excluding hydrogens is 388 g/mol. The van der Waals surface area contributed by atoms with E-state index in [1.54, 1.807) is 0 Å². The second-order valence-corrected chi connectivity index (χ2v) is 9.24. The van der Waals surface area contributed by atoms with Gasteiger partial charge in [-0.15, -0.1) is 0 Å². The number of carboxylic acid groups (broad SMARTS) is 1. The molecule has 0 spiro atoms. The van der Waals surface area contributed by atoms with Gasteiger partial charge in [-0.1, -0.05) is 104 Å². The maximum Gasteiger partial charge on any atom is 0.306 e. The van der Waals surface area contributed by atoms with Gasteiger partial charge < -0.3 is 9.84 Å². The van der Waals surface area contributed by atoms with Crippen molar-refractivity contribution in [3.63, 3.8) is 0 Å². The summed E-state index contributed by atoms with van der Waals surface area (Å²) in [5, 5.41) is 8.69. The van der Waals surface area contributed by atoms with Crippen molar-refractivity contribution < 1.29 is 19.4 Å². The van der Waals surface area contributed by atoms with E-state index in [1.807, 2.05) is 0 Å². The monoisotopic (exact) mass is 440 g/mol. The van der Waals surface area contributed by atoms with Gasteiger partial charge in [0, 0.05) is 12.8 Å². The van der Waals surface area contributed by atoms with Crippen LogP contribution in [0.25, 0.3) is 0 Å². The van der Waals surface area contributed by atoms with Crippen molar-refractivity contribution in [2.75, 3.05) is 0 Å². The van der Waals surface area contributed by atoms with E-state index in [1.165, 1.54) is 64.2 Å². The molecule has 4 heteroatoms. The molecule has 0 radical (unpaired) electrons. The number of esters is 1. The van der Waals surface area contributed by atoms with E-state index < -0.39 is 5.97 Å². The van der Waals surface area contributed by atoms with Crippen LogP contribution in [-0.4, -0.2) is 23.1 Å². The first-order valence-electron chi connectivity index (χ1n) is 13.5. The standard InChI is InChI=1S/C27H52O4/c1-3-5-7-8-9-10-11-12-13-15-18-21-25(31-27(30)24-6-4-2)22-19-16-14-17-20-23-26(28)29/h25H,3-24H2,1-2H3,(H,28,29). The third kappa shape index (κ3) is 23.4. The average molecular weight is 441 g/mol. The minimum Gasteiger partial charge on any atom is -0.481 e. The van der Waals surface area contributed by atoms with E-state index >= 15 is 0 Å². The van der Waals surface area contributed by atoms with Gasteiger partial charge >= 0.3 is 11.9 Å². The summed E-state index contributed by atoms with van der Waals surface area (Å²) in [6.45, 7) is 4.36. The molecule has 0 saturated heterocycles. The minimum atomic E-state index is -0.703. The Kier molecular flexibility index (Phi) is 22.8. The lowest BCUT2D eigenvalue weighted by atomic mass is 10.0. The van der Waals surface area contributed by atoms with E-state index in [-0.39, 0.29) is 18.5 Å². The highest BCUT2D eigenvalue weighted by Crippen LogP contribution is 2.18. The topological polar surface area (TPSA) is 63.6 Å². The number of carbonyl (C=O) groups excluding carboxylic acids is 1. The molecule has 0 aliphatic heterocycles. The van der Waals surface area contributed by atoms with E-state index in [0.29, 0.717) is 6.42 Å². The Hall–Kier alpha value is -1.06. The predicted octanol–water partition coefficient (Wildman–Crippen LogP) is 8.60. The number of ether oxygens (including phenoxy) is 1. The molecule has 0 amide bonds. The van der Waals surface area contributed by atoms with Crippen LogP contribution in [0.2, 0.25) is 0 Å². The number of carbonyl (C=O) groups is 2. The van der Waals surface area contributed by atoms with Gasteiger partial charge in [0.05, 0.1) is 0 Å². The number of carboxylic acids is 1. The lowest BCUT2D eigenvalue weighted by Gasteiger charge is -2.18. The highest BCUT2D eigenvalue weighted by Gasteiger charge is 2.14. The summed E-state index contributed by atoms with van der Waals surface area (Å²) in [4.78, 5) is 22.6. The molecule has 0 heterocycles. The molecule has 0 rings (SSSR count). The predicted molar refractivity (Wildman–Crippen MR) is 130 cm³/mol. The Bertz CT molecular complexity index is 408. The van der Waals surface area contributed by atoms with Crippen molar-refractivity contribution >= 4 is 11.9 Å². The molecule has 0 saturated carbocycles. The average Bonchev–Trinajstić information content (AvgIpc) is 2.74. The fourth-order valence-corrected chi connectivity index (χ4v) is 4.04. The van der Waals surface area contributed by atoms with E-state index in [4.69, 9.17) is 9.84 Å². The Morgan fingerprint density at radius 2 is 1.00 bits per heavy atom. The summed E-state index contributed by atoms with van der Waals surface area (Å²) in [5.41, 5.74) is 0. The van der Waals surface area contributed by atoms with Crippen LogP contribution in [0, 0.1) is 0 Å². The third-order valence-corrected chi connectivity index (χ3v) is 6.08. The van der Waals surface area contributed by atoms with Crippen molar-refractivity contribution in [3.8, 4) is 0 Å². The molecule has 184 valence electrons. The van der Waals surface area contributed by atoms with Gasteiger partial charge in [0.1, 0.15) is 6.10 Å². The molecule has 31 heavy (non-hydrogen) atoms. The van der Waals surface area contributed by atoms with Gasteiger partial charge in [0.2, 0.25) is 0 Å². The SMILES string of the molecule is CCCCCCCCCCCCCC(CCCCCCCC(=O)O)OC(=O)CCCC. The zero-order valence-electron chi connectivity index (χ0n) is 20.8. The molecule has 0 aliphatic carbocycles. The van der Waals surface area contributed by atoms with Crippen LogP contribution in [0.5, 0.6) is 0 Å². The first-order chi connectivity index (χ1) is 15.1. The van der Waals surface area contributed by atoms with Crippen LogP contribution in [0.4, 0.5) is 0 Å². The van der Waals surface area contributed by atoms with Gasteiger partial charge in [0.25, 0.3) is 0 Å². The quantitative estimate of drug-likeness (QED) is 0.120. The molecule has 0 aromatic heterocycles. The Morgan fingerprint density at radius 3 is 1.45 bits per heavy atom. The Labute approximate surface area is 192 Å². The highest BCUT2D eigenvalue weighted by atomic mass is 16.5. The summed E-state index contributed by atoms with van der Waals surface area (Å²) in [6.07, 6.45) is 24.4. The van der Waals surface area contributed by atoms with Crippen molar-refractivity contribution in [2.45, 2.75) is 161 Å². The maximum absolute atomic E-state index is 12.1. The number of hydrogen-bond donors (Lipinski definition) is 1. The lowest BCUT2D eigenvalue weighted by molar-refractivity contribution is -0.150. The molecule has 0 aromatic rings. The number of rotatable bonds is 24. The fourth-order valence-electron chi connectivity index (χ4n) is 4.04. The number of hydrogen-bond acceptors (Lipinski definition) is 3. The van der Waals surface area contributed by atoms with Gasteiger partial charge in [-0.25, -0.2) is 0 Å². The van der Waals surface area contributed by atoms with Crippen LogP contribution in [0.15, 0.2) is 0 Å². The first kappa shape index (κ1) is 29.9. The van der Waals surface area contributed by atoms with Crippen molar-refractivity contribution in [1.82, 2.24) is 0 Å². The normalized spacial score (nSPS) is 12.1. The Morgan fingerprint density at radius 1 is 0.581 bits per heavy atom. The van der Waals surface area contributed by atoms with Gasteiger partial charge in [-0.2, -0.15) is 0 Å². The van der Waals surface area contributed by atoms with Crippen molar-refractivity contribution in [2.24, 2.45) is 0 Å². The van der Waals surface area contributed by atoms with E-state index in [2.05, 4.69) is 13.8 Å². The minimum absolute atomic E-state index is 0.0311. The van der Waals surface area contributed by atoms with Crippen LogP contribution >= 0.6 is 0 Å². The van der Waals surface area contributed by atoms with E-state index in [9.17, 15) is 9.59 Å². The largest absolute Gasteiger partial charge is 0.481 e. The highest BCUT2D eigenvalue weighted by molar-refractivity contribution is 5.69. The summed E-state index contributed by atoms with van der Waals surface area (Å²) in [7, 11) is 0. The van der Waals surface area contributed by atoms with Crippen LogP contribution in [0.3, 0.4) is 0 Å². The zero-order chi connectivity index (χ0) is 23.0. The summed E-state index contributed by atoms with van der Waals surface area (Å²) in [5.74, 6) is -0.734. The molecule has 0 fully saturated rings. The molecule has 0 aliphatic rings. The molecule has 1 N–H and O–H groups in total. The van der Waals surface area contributed by atoms with E-state index in [0.717, 1.165) is 64.2 Å². The summed E-state index contributed by atoms with van der Waals surface area (Å²) >= 11 is 0. The van der Waals surface area contributed by atoms with Crippen molar-refractivity contribution in [1.29, 1.82) is 0 Å².